The lowest BCUT2D eigenvalue weighted by Gasteiger charge is -2.08. The molecule has 0 saturated heterocycles. The highest BCUT2D eigenvalue weighted by molar-refractivity contribution is 7.09. The molecule has 0 radical (unpaired) electrons. The molecule has 2 rings (SSSR count). The third-order valence-corrected chi connectivity index (χ3v) is 3.34. The number of anilines is 1. The standard InChI is InChI=1S/C13H13N3O2S/c1-8(16-18)10-5-3-4-6-11(10)15-13(17)12-7-19-9(2)14-12/h3-7,18H,1-2H3,(H,15,17). The van der Waals surface area contributed by atoms with Gasteiger partial charge < -0.3 is 10.5 Å². The Hall–Kier alpha value is -2.21. The van der Waals surface area contributed by atoms with Crippen molar-refractivity contribution in [3.05, 3.63) is 45.9 Å². The van der Waals surface area contributed by atoms with E-state index in [4.69, 9.17) is 5.21 Å². The summed E-state index contributed by atoms with van der Waals surface area (Å²) in [6, 6.07) is 7.14. The fraction of sp³-hybridized carbons (Fsp3) is 0.154. The Balaban J connectivity index is 2.27. The highest BCUT2D eigenvalue weighted by atomic mass is 32.1. The van der Waals surface area contributed by atoms with Gasteiger partial charge in [0.1, 0.15) is 5.69 Å². The van der Waals surface area contributed by atoms with Crippen LogP contribution in [0.4, 0.5) is 5.69 Å². The number of hydrogen-bond acceptors (Lipinski definition) is 5. The topological polar surface area (TPSA) is 74.6 Å². The maximum Gasteiger partial charge on any atom is 0.275 e. The molecule has 98 valence electrons. The smallest absolute Gasteiger partial charge is 0.275 e. The van der Waals surface area contributed by atoms with E-state index in [2.05, 4.69) is 15.5 Å². The van der Waals surface area contributed by atoms with Gasteiger partial charge in [-0.05, 0) is 19.9 Å². The zero-order chi connectivity index (χ0) is 13.8. The molecule has 1 amide bonds. The number of benzene rings is 1. The average Bonchev–Trinajstić information content (AvgIpc) is 2.85. The van der Waals surface area contributed by atoms with Crippen molar-refractivity contribution >= 4 is 28.6 Å². The van der Waals surface area contributed by atoms with E-state index in [1.54, 1.807) is 30.5 Å². The molecule has 0 spiro atoms. The van der Waals surface area contributed by atoms with Crippen LogP contribution in [-0.4, -0.2) is 21.8 Å². The number of rotatable bonds is 3. The third kappa shape index (κ3) is 2.97. The Bertz CT molecular complexity index is 634. The summed E-state index contributed by atoms with van der Waals surface area (Å²) in [6.07, 6.45) is 0. The molecule has 2 aromatic rings. The maximum atomic E-state index is 12.0. The van der Waals surface area contributed by atoms with Crippen LogP contribution in [0.1, 0.15) is 28.0 Å². The van der Waals surface area contributed by atoms with Gasteiger partial charge in [0.05, 0.1) is 16.4 Å². The van der Waals surface area contributed by atoms with Crippen molar-refractivity contribution in [2.45, 2.75) is 13.8 Å². The molecule has 1 heterocycles. The fourth-order valence-corrected chi connectivity index (χ4v) is 2.21. The normalized spacial score (nSPS) is 11.4. The van der Waals surface area contributed by atoms with Crippen LogP contribution < -0.4 is 5.32 Å². The van der Waals surface area contributed by atoms with E-state index < -0.39 is 0 Å². The predicted octanol–water partition coefficient (Wildman–Crippen LogP) is 2.90. The molecule has 0 atom stereocenters. The molecule has 19 heavy (non-hydrogen) atoms. The van der Waals surface area contributed by atoms with Gasteiger partial charge in [-0.1, -0.05) is 23.4 Å². The van der Waals surface area contributed by atoms with E-state index in [0.717, 1.165) is 5.01 Å². The minimum absolute atomic E-state index is 0.275. The van der Waals surface area contributed by atoms with Crippen LogP contribution in [0.5, 0.6) is 0 Å². The molecule has 5 nitrogen and oxygen atoms in total. The number of thiazole rings is 1. The van der Waals surface area contributed by atoms with E-state index in [1.165, 1.54) is 11.3 Å². The van der Waals surface area contributed by atoms with Crippen molar-refractivity contribution in [1.82, 2.24) is 4.98 Å². The summed E-state index contributed by atoms with van der Waals surface area (Å²) >= 11 is 1.42. The average molecular weight is 275 g/mol. The first-order valence-corrected chi connectivity index (χ1v) is 6.51. The second kappa shape index (κ2) is 5.62. The first-order valence-electron chi connectivity index (χ1n) is 5.63. The number of carbonyl (C=O) groups is 1. The second-order valence-corrected chi connectivity index (χ2v) is 5.00. The van der Waals surface area contributed by atoms with Crippen LogP contribution in [0, 0.1) is 6.92 Å². The number of oxime groups is 1. The van der Waals surface area contributed by atoms with Crippen LogP contribution in [0.3, 0.4) is 0 Å². The fourth-order valence-electron chi connectivity index (χ4n) is 1.62. The highest BCUT2D eigenvalue weighted by Gasteiger charge is 2.12. The monoisotopic (exact) mass is 275 g/mol. The molecule has 1 aromatic carbocycles. The first-order chi connectivity index (χ1) is 9.11. The molecule has 2 N–H and O–H groups in total. The van der Waals surface area contributed by atoms with Crippen molar-refractivity contribution < 1.29 is 10.0 Å². The van der Waals surface area contributed by atoms with Crippen LogP contribution in [0.15, 0.2) is 34.8 Å². The minimum atomic E-state index is -0.275. The summed E-state index contributed by atoms with van der Waals surface area (Å²) < 4.78 is 0. The summed E-state index contributed by atoms with van der Waals surface area (Å²) in [5.74, 6) is -0.275. The summed E-state index contributed by atoms with van der Waals surface area (Å²) in [7, 11) is 0. The Labute approximate surface area is 114 Å². The molecule has 6 heteroatoms. The van der Waals surface area contributed by atoms with Gasteiger partial charge in [0.15, 0.2) is 0 Å². The lowest BCUT2D eigenvalue weighted by atomic mass is 10.1. The van der Waals surface area contributed by atoms with Gasteiger partial charge in [0.2, 0.25) is 0 Å². The number of amides is 1. The minimum Gasteiger partial charge on any atom is -0.411 e. The van der Waals surface area contributed by atoms with Gasteiger partial charge in [0.25, 0.3) is 5.91 Å². The molecule has 1 aromatic heterocycles. The second-order valence-electron chi connectivity index (χ2n) is 3.94. The van der Waals surface area contributed by atoms with Crippen molar-refractivity contribution in [1.29, 1.82) is 0 Å². The molecule has 0 bridgehead atoms. The van der Waals surface area contributed by atoms with Gasteiger partial charge in [-0.2, -0.15) is 0 Å². The summed E-state index contributed by atoms with van der Waals surface area (Å²) in [5, 5.41) is 17.3. The Kier molecular flexibility index (Phi) is 3.91. The van der Waals surface area contributed by atoms with Crippen molar-refractivity contribution in [3.63, 3.8) is 0 Å². The van der Waals surface area contributed by atoms with E-state index in [-0.39, 0.29) is 5.91 Å². The van der Waals surface area contributed by atoms with Gasteiger partial charge in [0, 0.05) is 10.9 Å². The third-order valence-electron chi connectivity index (χ3n) is 2.57. The lowest BCUT2D eigenvalue weighted by Crippen LogP contribution is -2.14. The zero-order valence-electron chi connectivity index (χ0n) is 10.5. The number of aromatic nitrogens is 1. The Morgan fingerprint density at radius 3 is 2.79 bits per heavy atom. The lowest BCUT2D eigenvalue weighted by molar-refractivity contribution is 0.102. The first kappa shape index (κ1) is 13.2. The zero-order valence-corrected chi connectivity index (χ0v) is 11.4. The van der Waals surface area contributed by atoms with Crippen molar-refractivity contribution in [3.8, 4) is 0 Å². The van der Waals surface area contributed by atoms with Gasteiger partial charge in [-0.25, -0.2) is 4.98 Å². The van der Waals surface area contributed by atoms with Crippen molar-refractivity contribution in [2.75, 3.05) is 5.32 Å². The van der Waals surface area contributed by atoms with Crippen LogP contribution in [0.25, 0.3) is 0 Å². The largest absolute Gasteiger partial charge is 0.411 e. The van der Waals surface area contributed by atoms with Gasteiger partial charge in [-0.3, -0.25) is 4.79 Å². The molecule has 0 aliphatic carbocycles. The van der Waals surface area contributed by atoms with Gasteiger partial charge >= 0.3 is 0 Å². The number of aryl methyl sites for hydroxylation is 1. The SMILES string of the molecule is CC(=NO)c1ccccc1NC(=O)c1csc(C)n1. The summed E-state index contributed by atoms with van der Waals surface area (Å²) in [6.45, 7) is 3.51. The molecule has 0 aliphatic rings. The van der Waals surface area contributed by atoms with Crippen LogP contribution >= 0.6 is 11.3 Å². The van der Waals surface area contributed by atoms with E-state index in [0.29, 0.717) is 22.7 Å². The molecule has 0 fully saturated rings. The van der Waals surface area contributed by atoms with E-state index >= 15 is 0 Å². The molecular weight excluding hydrogens is 262 g/mol. The van der Waals surface area contributed by atoms with Crippen LogP contribution in [0.2, 0.25) is 0 Å². The summed E-state index contributed by atoms with van der Waals surface area (Å²) in [5.41, 5.74) is 2.08. The Morgan fingerprint density at radius 2 is 2.16 bits per heavy atom. The molecule has 0 unspecified atom stereocenters. The predicted molar refractivity (Wildman–Crippen MR) is 75.2 cm³/mol. The maximum absolute atomic E-state index is 12.0. The van der Waals surface area contributed by atoms with E-state index in [1.807, 2.05) is 13.0 Å². The van der Waals surface area contributed by atoms with E-state index in [9.17, 15) is 4.79 Å². The number of nitrogens with one attached hydrogen (secondary N) is 1. The quantitative estimate of drug-likeness (QED) is 0.514. The van der Waals surface area contributed by atoms with Crippen molar-refractivity contribution in [2.24, 2.45) is 5.16 Å². The number of hydrogen-bond donors (Lipinski definition) is 2. The van der Waals surface area contributed by atoms with Gasteiger partial charge in [-0.15, -0.1) is 11.3 Å². The number of para-hydroxylation sites is 1. The highest BCUT2D eigenvalue weighted by Crippen LogP contribution is 2.17. The van der Waals surface area contributed by atoms with Crippen LogP contribution in [-0.2, 0) is 0 Å². The molecule has 0 aliphatic heterocycles. The molecular formula is C13H13N3O2S. The Morgan fingerprint density at radius 1 is 1.42 bits per heavy atom. The molecule has 0 saturated carbocycles. The number of nitrogens with zero attached hydrogens (tertiary/aromatic N) is 2. The number of carbonyl (C=O) groups excluding carboxylic acids is 1. The summed E-state index contributed by atoms with van der Waals surface area (Å²) in [4.78, 5) is 16.1.